The molecule has 1 N–H and O–H groups in total. The van der Waals surface area contributed by atoms with Crippen molar-refractivity contribution in [2.75, 3.05) is 18.1 Å². The van der Waals surface area contributed by atoms with Gasteiger partial charge in [0.05, 0.1) is 10.6 Å². The van der Waals surface area contributed by atoms with Crippen molar-refractivity contribution in [3.63, 3.8) is 0 Å². The Hall–Kier alpha value is -0.620. The molecule has 2 nitrogen and oxygen atoms in total. The number of alkyl halides is 3. The van der Waals surface area contributed by atoms with E-state index in [0.29, 0.717) is 12.4 Å². The molecule has 114 valence electrons. The quantitative estimate of drug-likeness (QED) is 0.788. The lowest BCUT2D eigenvalue weighted by atomic mass is 10.0. The van der Waals surface area contributed by atoms with Gasteiger partial charge in [0.1, 0.15) is 5.82 Å². The molecule has 0 aliphatic rings. The van der Waals surface area contributed by atoms with Gasteiger partial charge < -0.3 is 5.32 Å². The third-order valence-corrected chi connectivity index (χ3v) is 5.34. The molecule has 0 atom stereocenters. The fraction of sp³-hybridized carbons (Fsp3) is 0.615. The second kappa shape index (κ2) is 6.89. The van der Waals surface area contributed by atoms with E-state index in [1.54, 1.807) is 11.8 Å². The van der Waals surface area contributed by atoms with Crippen molar-refractivity contribution < 1.29 is 13.2 Å². The summed E-state index contributed by atoms with van der Waals surface area (Å²) in [6.07, 6.45) is 0.306. The number of nitrogens with one attached hydrogen (secondary N) is 1. The van der Waals surface area contributed by atoms with Crippen LogP contribution in [-0.2, 0) is 6.18 Å². The van der Waals surface area contributed by atoms with Crippen LogP contribution >= 0.6 is 23.4 Å². The highest BCUT2D eigenvalue weighted by atomic mass is 35.5. The molecule has 0 saturated carbocycles. The maximum Gasteiger partial charge on any atom is 0.417 e. The Bertz CT molecular complexity index is 439. The number of pyridine rings is 1. The molecule has 0 radical (unpaired) electrons. The van der Waals surface area contributed by atoms with Gasteiger partial charge in [0.15, 0.2) is 0 Å². The Labute approximate surface area is 126 Å². The zero-order valence-corrected chi connectivity index (χ0v) is 13.2. The Kier molecular flexibility index (Phi) is 6.01. The average molecular weight is 327 g/mol. The molecular formula is C13H18ClF3N2S. The zero-order valence-electron chi connectivity index (χ0n) is 11.6. The molecule has 0 saturated heterocycles. The van der Waals surface area contributed by atoms with E-state index in [2.05, 4.69) is 24.1 Å². The highest BCUT2D eigenvalue weighted by Gasteiger charge is 2.32. The fourth-order valence-electron chi connectivity index (χ4n) is 1.83. The molecule has 0 amide bonds. The van der Waals surface area contributed by atoms with Gasteiger partial charge in [-0.15, -0.1) is 0 Å². The summed E-state index contributed by atoms with van der Waals surface area (Å²) in [5, 5.41) is 3.04. The first-order valence-corrected chi connectivity index (χ1v) is 7.90. The fourth-order valence-corrected chi connectivity index (χ4v) is 2.86. The van der Waals surface area contributed by atoms with E-state index >= 15 is 0 Å². The second-order valence-corrected chi connectivity index (χ2v) is 6.18. The van der Waals surface area contributed by atoms with Crippen LogP contribution < -0.4 is 5.32 Å². The highest BCUT2D eigenvalue weighted by molar-refractivity contribution is 8.00. The molecule has 0 aromatic carbocycles. The normalized spacial score (nSPS) is 12.6. The van der Waals surface area contributed by atoms with Crippen molar-refractivity contribution in [1.82, 2.24) is 4.98 Å². The van der Waals surface area contributed by atoms with Crippen LogP contribution in [0.15, 0.2) is 12.3 Å². The lowest BCUT2D eigenvalue weighted by molar-refractivity contribution is -0.137. The van der Waals surface area contributed by atoms with Crippen LogP contribution in [0.3, 0.4) is 0 Å². The molecule has 1 aromatic heterocycles. The van der Waals surface area contributed by atoms with E-state index in [1.165, 1.54) is 0 Å². The lowest BCUT2D eigenvalue weighted by Crippen LogP contribution is -2.32. The molecular weight excluding hydrogens is 309 g/mol. The van der Waals surface area contributed by atoms with Crippen molar-refractivity contribution in [2.45, 2.75) is 37.6 Å². The van der Waals surface area contributed by atoms with E-state index in [9.17, 15) is 13.2 Å². The Morgan fingerprint density at radius 3 is 2.30 bits per heavy atom. The number of hydrogen-bond donors (Lipinski definition) is 1. The third-order valence-electron chi connectivity index (χ3n) is 3.47. The first kappa shape index (κ1) is 17.4. The predicted molar refractivity (Wildman–Crippen MR) is 79.6 cm³/mol. The summed E-state index contributed by atoms with van der Waals surface area (Å²) in [6, 6.07) is 0.898. The summed E-state index contributed by atoms with van der Waals surface area (Å²) < 4.78 is 37.6. The van der Waals surface area contributed by atoms with Gasteiger partial charge >= 0.3 is 6.18 Å². The van der Waals surface area contributed by atoms with Crippen LogP contribution in [0.4, 0.5) is 19.0 Å². The standard InChI is InChI=1S/C13H18ClF3N2S/c1-4-12(5-2,20-3)8-19-11-10(14)6-9(7-18-11)13(15,16)17/h6-7H,4-5,8H2,1-3H3,(H,18,19). The largest absolute Gasteiger partial charge is 0.417 e. The number of rotatable bonds is 6. The maximum atomic E-state index is 12.5. The predicted octanol–water partition coefficient (Wildman–Crippen LogP) is 5.09. The molecule has 0 bridgehead atoms. The van der Waals surface area contributed by atoms with E-state index < -0.39 is 11.7 Å². The van der Waals surface area contributed by atoms with Gasteiger partial charge in [-0.05, 0) is 25.2 Å². The van der Waals surface area contributed by atoms with E-state index in [-0.39, 0.29) is 9.77 Å². The maximum absolute atomic E-state index is 12.5. The smallest absolute Gasteiger partial charge is 0.367 e. The Morgan fingerprint density at radius 2 is 1.90 bits per heavy atom. The molecule has 0 fully saturated rings. The minimum Gasteiger partial charge on any atom is -0.367 e. The summed E-state index contributed by atoms with van der Waals surface area (Å²) in [5.41, 5.74) is -0.838. The molecule has 1 heterocycles. The minimum atomic E-state index is -4.43. The lowest BCUT2D eigenvalue weighted by Gasteiger charge is -2.30. The Morgan fingerprint density at radius 1 is 1.30 bits per heavy atom. The summed E-state index contributed by atoms with van der Waals surface area (Å²) in [4.78, 5) is 3.78. The SMILES string of the molecule is CCC(CC)(CNc1ncc(C(F)(F)F)cc1Cl)SC. The van der Waals surface area contributed by atoms with Crippen LogP contribution in [0.25, 0.3) is 0 Å². The van der Waals surface area contributed by atoms with Crippen molar-refractivity contribution >= 4 is 29.2 Å². The molecule has 1 aromatic rings. The van der Waals surface area contributed by atoms with E-state index in [1.807, 2.05) is 6.26 Å². The van der Waals surface area contributed by atoms with Crippen molar-refractivity contribution in [3.05, 3.63) is 22.8 Å². The highest BCUT2D eigenvalue weighted by Crippen LogP contribution is 2.34. The minimum absolute atomic E-state index is 0.0120. The second-order valence-electron chi connectivity index (χ2n) is 4.50. The Balaban J connectivity index is 2.84. The molecule has 0 aliphatic carbocycles. The molecule has 1 rings (SSSR count). The molecule has 20 heavy (non-hydrogen) atoms. The van der Waals surface area contributed by atoms with Gasteiger partial charge in [-0.3, -0.25) is 0 Å². The summed E-state index contributed by atoms with van der Waals surface area (Å²) >= 11 is 7.60. The first-order chi connectivity index (χ1) is 9.28. The van der Waals surface area contributed by atoms with Gasteiger partial charge in [-0.2, -0.15) is 24.9 Å². The molecule has 0 unspecified atom stereocenters. The van der Waals surface area contributed by atoms with Crippen molar-refractivity contribution in [1.29, 1.82) is 0 Å². The molecule has 0 spiro atoms. The van der Waals surface area contributed by atoms with Crippen LogP contribution in [-0.4, -0.2) is 22.5 Å². The summed E-state index contributed by atoms with van der Waals surface area (Å²) in [5.74, 6) is 0.292. The zero-order chi connectivity index (χ0) is 15.4. The topological polar surface area (TPSA) is 24.9 Å². The first-order valence-electron chi connectivity index (χ1n) is 6.29. The van der Waals surface area contributed by atoms with E-state index in [4.69, 9.17) is 11.6 Å². The summed E-state index contributed by atoms with van der Waals surface area (Å²) in [7, 11) is 0. The van der Waals surface area contributed by atoms with Gasteiger partial charge in [-0.25, -0.2) is 4.98 Å². The number of nitrogens with zero attached hydrogens (tertiary/aromatic N) is 1. The number of hydrogen-bond acceptors (Lipinski definition) is 3. The van der Waals surface area contributed by atoms with Crippen LogP contribution in [0.2, 0.25) is 5.02 Å². The summed E-state index contributed by atoms with van der Waals surface area (Å²) in [6.45, 7) is 4.78. The molecule has 0 aliphatic heterocycles. The third kappa shape index (κ3) is 4.19. The van der Waals surface area contributed by atoms with E-state index in [0.717, 1.165) is 25.1 Å². The monoisotopic (exact) mass is 326 g/mol. The van der Waals surface area contributed by atoms with Gasteiger partial charge in [-0.1, -0.05) is 25.4 Å². The van der Waals surface area contributed by atoms with Gasteiger partial charge in [0.2, 0.25) is 0 Å². The number of aromatic nitrogens is 1. The average Bonchev–Trinajstić information content (AvgIpc) is 2.41. The van der Waals surface area contributed by atoms with Crippen molar-refractivity contribution in [3.8, 4) is 0 Å². The van der Waals surface area contributed by atoms with Crippen LogP contribution in [0.5, 0.6) is 0 Å². The van der Waals surface area contributed by atoms with Gasteiger partial charge in [0.25, 0.3) is 0 Å². The number of halogens is 4. The number of thioether (sulfide) groups is 1. The van der Waals surface area contributed by atoms with Crippen molar-refractivity contribution in [2.24, 2.45) is 0 Å². The van der Waals surface area contributed by atoms with Gasteiger partial charge in [0, 0.05) is 17.5 Å². The van der Waals surface area contributed by atoms with Crippen LogP contribution in [0, 0.1) is 0 Å². The molecule has 7 heteroatoms. The van der Waals surface area contributed by atoms with Crippen LogP contribution in [0.1, 0.15) is 32.3 Å². The number of anilines is 1.